The molecule has 0 bridgehead atoms. The van der Waals surface area contributed by atoms with Crippen molar-refractivity contribution in [1.29, 1.82) is 0 Å². The third-order valence-electron chi connectivity index (χ3n) is 4.50. The Hall–Kier alpha value is -0.170. The fourth-order valence-electron chi connectivity index (χ4n) is 2.54. The van der Waals surface area contributed by atoms with E-state index in [1.165, 1.54) is 60.7 Å². The van der Waals surface area contributed by atoms with Gasteiger partial charge in [-0.15, -0.1) is 0 Å². The van der Waals surface area contributed by atoms with Crippen LogP contribution in [0.4, 0.5) is 0 Å². The van der Waals surface area contributed by atoms with Gasteiger partial charge in [0.1, 0.15) is 0 Å². The molecule has 1 heteroatoms. The van der Waals surface area contributed by atoms with Gasteiger partial charge in [0.15, 0.2) is 0 Å². The van der Waals surface area contributed by atoms with Gasteiger partial charge in [-0.3, -0.25) is 0 Å². The minimum absolute atomic E-state index is 0.253. The lowest BCUT2D eigenvalue weighted by Gasteiger charge is -2.37. The molecule has 0 fully saturated rings. The maximum Gasteiger partial charge on any atom is -0.0228 e. The molecule has 0 saturated carbocycles. The first-order valence-corrected chi connectivity index (χ1v) is 10.4. The molecule has 0 saturated heterocycles. The molecule has 0 amide bonds. The monoisotopic (exact) mass is 284 g/mol. The number of hydrogen-bond donors (Lipinski definition) is 0. The first-order valence-electron chi connectivity index (χ1n) is 8.09. The second-order valence-electron chi connectivity index (χ2n) is 5.70. The first kappa shape index (κ1) is 18.8. The number of allylic oxidation sites excluding steroid dienone is 2. The Morgan fingerprint density at radius 1 is 0.789 bits per heavy atom. The molecule has 0 aliphatic carbocycles. The number of hydrogen-bond acceptors (Lipinski definition) is 0. The van der Waals surface area contributed by atoms with Crippen molar-refractivity contribution in [3.05, 3.63) is 24.3 Å². The summed E-state index contributed by atoms with van der Waals surface area (Å²) in [6, 6.07) is 0. The maximum absolute atomic E-state index is 4.06. The van der Waals surface area contributed by atoms with E-state index in [1.807, 2.05) is 0 Å². The summed E-state index contributed by atoms with van der Waals surface area (Å²) in [7, 11) is -0.253. The average Bonchev–Trinajstić information content (AvgIpc) is 2.42. The quantitative estimate of drug-likeness (QED) is 0.290. The molecular weight excluding hydrogens is 248 g/mol. The number of unbranched alkanes of at least 4 members (excludes halogenated alkanes) is 4. The topological polar surface area (TPSA) is 0 Å². The van der Waals surface area contributed by atoms with Crippen molar-refractivity contribution in [3.63, 3.8) is 0 Å². The highest BCUT2D eigenvalue weighted by atomic mass is 32.3. The molecule has 0 atom stereocenters. The second kappa shape index (κ2) is 10.6. The van der Waals surface area contributed by atoms with Crippen molar-refractivity contribution < 1.29 is 0 Å². The van der Waals surface area contributed by atoms with Crippen LogP contribution >= 0.6 is 10.0 Å². The van der Waals surface area contributed by atoms with E-state index in [0.29, 0.717) is 0 Å². The van der Waals surface area contributed by atoms with Crippen LogP contribution in [-0.4, -0.2) is 23.0 Å². The van der Waals surface area contributed by atoms with E-state index in [0.717, 1.165) is 12.0 Å². The minimum atomic E-state index is -0.253. The summed E-state index contributed by atoms with van der Waals surface area (Å²) in [6.07, 6.45) is 8.07. The van der Waals surface area contributed by atoms with E-state index in [4.69, 9.17) is 0 Å². The molecule has 0 N–H and O–H groups in total. The smallest absolute Gasteiger partial charge is 0.0228 e. The molecule has 0 spiro atoms. The minimum Gasteiger partial charge on any atom is -0.242 e. The highest BCUT2D eigenvalue weighted by Gasteiger charge is 2.16. The van der Waals surface area contributed by atoms with Crippen LogP contribution in [0, 0.1) is 0 Å². The molecule has 19 heavy (non-hydrogen) atoms. The van der Waals surface area contributed by atoms with Gasteiger partial charge in [-0.2, -0.15) is 0 Å². The predicted molar refractivity (Wildman–Crippen MR) is 95.7 cm³/mol. The van der Waals surface area contributed by atoms with Crippen molar-refractivity contribution in [1.82, 2.24) is 0 Å². The Labute approximate surface area is 124 Å². The third kappa shape index (κ3) is 7.87. The summed E-state index contributed by atoms with van der Waals surface area (Å²) in [5.74, 6) is 5.80. The van der Waals surface area contributed by atoms with Crippen LogP contribution in [0.3, 0.4) is 0 Å². The fourth-order valence-corrected chi connectivity index (χ4v) is 5.44. The Bertz CT molecular complexity index is 253. The summed E-state index contributed by atoms with van der Waals surface area (Å²) in [5.41, 5.74) is 2.40. The highest BCUT2D eigenvalue weighted by molar-refractivity contribution is 8.33. The van der Waals surface area contributed by atoms with E-state index in [-0.39, 0.29) is 10.0 Å². The zero-order valence-corrected chi connectivity index (χ0v) is 14.7. The van der Waals surface area contributed by atoms with Crippen molar-refractivity contribution >= 4 is 10.0 Å². The Kier molecular flexibility index (Phi) is 10.5. The van der Waals surface area contributed by atoms with Crippen molar-refractivity contribution in [3.8, 4) is 0 Å². The van der Waals surface area contributed by atoms with Gasteiger partial charge in [0.2, 0.25) is 0 Å². The van der Waals surface area contributed by atoms with Crippen molar-refractivity contribution in [2.24, 2.45) is 0 Å². The fraction of sp³-hybridized carbons (Fsp3) is 0.778. The van der Waals surface area contributed by atoms with Crippen LogP contribution in [0.1, 0.15) is 66.2 Å². The SMILES string of the molecule is C=C(C)C(=C)CCCCCCCS(CC)(CC)CC. The maximum atomic E-state index is 4.06. The predicted octanol–water partition coefficient (Wildman–Crippen LogP) is 6.32. The van der Waals surface area contributed by atoms with Gasteiger partial charge in [0.25, 0.3) is 0 Å². The lowest BCUT2D eigenvalue weighted by molar-refractivity contribution is 0.633. The van der Waals surface area contributed by atoms with E-state index in [9.17, 15) is 0 Å². The van der Waals surface area contributed by atoms with Crippen molar-refractivity contribution in [2.75, 3.05) is 23.0 Å². The van der Waals surface area contributed by atoms with Gasteiger partial charge in [0, 0.05) is 0 Å². The molecule has 0 radical (unpaired) electrons. The van der Waals surface area contributed by atoms with Gasteiger partial charge in [0.05, 0.1) is 0 Å². The van der Waals surface area contributed by atoms with Crippen LogP contribution in [0.25, 0.3) is 0 Å². The van der Waals surface area contributed by atoms with Gasteiger partial charge < -0.3 is 0 Å². The molecule has 0 aliphatic rings. The summed E-state index contributed by atoms with van der Waals surface area (Å²) in [4.78, 5) is 0. The lowest BCUT2D eigenvalue weighted by Crippen LogP contribution is -2.13. The van der Waals surface area contributed by atoms with E-state index in [1.54, 1.807) is 0 Å². The van der Waals surface area contributed by atoms with Crippen LogP contribution in [0.2, 0.25) is 0 Å². The van der Waals surface area contributed by atoms with E-state index < -0.39 is 0 Å². The number of rotatable bonds is 12. The Morgan fingerprint density at radius 2 is 1.26 bits per heavy atom. The molecule has 0 aliphatic heterocycles. The van der Waals surface area contributed by atoms with Crippen LogP contribution in [0.5, 0.6) is 0 Å². The molecule has 0 aromatic heterocycles. The van der Waals surface area contributed by atoms with Gasteiger partial charge in [-0.25, -0.2) is 10.0 Å². The molecule has 0 aromatic carbocycles. The van der Waals surface area contributed by atoms with Crippen LogP contribution < -0.4 is 0 Å². The molecule has 0 aromatic rings. The Balaban J connectivity index is 3.60. The van der Waals surface area contributed by atoms with E-state index in [2.05, 4.69) is 40.9 Å². The normalized spacial score (nSPS) is 12.4. The molecular formula is C18H36S. The van der Waals surface area contributed by atoms with Crippen LogP contribution in [-0.2, 0) is 0 Å². The molecule has 0 heterocycles. The van der Waals surface area contributed by atoms with E-state index >= 15 is 0 Å². The van der Waals surface area contributed by atoms with Gasteiger partial charge in [-0.05, 0) is 49.2 Å². The third-order valence-corrected chi connectivity index (χ3v) is 9.33. The van der Waals surface area contributed by atoms with Gasteiger partial charge >= 0.3 is 0 Å². The largest absolute Gasteiger partial charge is 0.242 e. The average molecular weight is 285 g/mol. The summed E-state index contributed by atoms with van der Waals surface area (Å²) < 4.78 is 0. The molecule has 0 unspecified atom stereocenters. The zero-order chi connectivity index (χ0) is 14.7. The summed E-state index contributed by atoms with van der Waals surface area (Å²) >= 11 is 0. The molecule has 114 valence electrons. The molecule has 0 rings (SSSR count). The standard InChI is InChI=1S/C18H36S/c1-7-19(8-2,9-3)16-14-12-10-11-13-15-18(6)17(4)5/h4,6-16H2,1-3,5H3. The zero-order valence-electron chi connectivity index (χ0n) is 13.9. The second-order valence-corrected chi connectivity index (χ2v) is 10.3. The molecule has 0 nitrogen and oxygen atoms in total. The highest BCUT2D eigenvalue weighted by Crippen LogP contribution is 2.47. The van der Waals surface area contributed by atoms with Crippen molar-refractivity contribution in [2.45, 2.75) is 66.2 Å². The van der Waals surface area contributed by atoms with Crippen LogP contribution in [0.15, 0.2) is 24.3 Å². The summed E-state index contributed by atoms with van der Waals surface area (Å²) in [6.45, 7) is 17.2. The first-order chi connectivity index (χ1) is 9.01. The lowest BCUT2D eigenvalue weighted by atomic mass is 10.0. The van der Waals surface area contributed by atoms with Gasteiger partial charge in [-0.1, -0.05) is 64.3 Å². The Morgan fingerprint density at radius 3 is 1.74 bits per heavy atom. The summed E-state index contributed by atoms with van der Waals surface area (Å²) in [5, 5.41) is 0.